The Kier molecular flexibility index (Phi) is 5.87. The van der Waals surface area contributed by atoms with Crippen LogP contribution in [0.25, 0.3) is 0 Å². The van der Waals surface area contributed by atoms with Crippen molar-refractivity contribution in [3.63, 3.8) is 0 Å². The Hall–Kier alpha value is -2.72. The molecule has 144 valence electrons. The quantitative estimate of drug-likeness (QED) is 0.804. The average molecular weight is 391 g/mol. The summed E-state index contributed by atoms with van der Waals surface area (Å²) in [4.78, 5) is 22.0. The molecule has 0 unspecified atom stereocenters. The highest BCUT2D eigenvalue weighted by molar-refractivity contribution is 7.88. The van der Waals surface area contributed by atoms with Gasteiger partial charge in [0.15, 0.2) is 0 Å². The van der Waals surface area contributed by atoms with Gasteiger partial charge in [-0.1, -0.05) is 0 Å². The number of benzene rings is 1. The van der Waals surface area contributed by atoms with E-state index in [9.17, 15) is 13.2 Å². The first-order valence-corrected chi connectivity index (χ1v) is 10.4. The summed E-state index contributed by atoms with van der Waals surface area (Å²) in [6, 6.07) is 6.35. The average Bonchev–Trinajstić information content (AvgIpc) is 2.63. The monoisotopic (exact) mass is 391 g/mol. The van der Waals surface area contributed by atoms with Crippen molar-refractivity contribution in [2.45, 2.75) is 18.9 Å². The Morgan fingerprint density at radius 2 is 2.04 bits per heavy atom. The highest BCUT2D eigenvalue weighted by atomic mass is 32.2. The van der Waals surface area contributed by atoms with Crippen LogP contribution in [0.5, 0.6) is 11.6 Å². The lowest BCUT2D eigenvalue weighted by molar-refractivity contribution is 0.190. The Morgan fingerprint density at radius 3 is 2.70 bits per heavy atom. The van der Waals surface area contributed by atoms with Gasteiger partial charge in [-0.3, -0.25) is 4.98 Å². The topological polar surface area (TPSA) is 114 Å². The van der Waals surface area contributed by atoms with Crippen molar-refractivity contribution in [1.82, 2.24) is 19.6 Å². The highest BCUT2D eigenvalue weighted by Crippen LogP contribution is 2.21. The zero-order valence-electron chi connectivity index (χ0n) is 14.8. The van der Waals surface area contributed by atoms with E-state index in [1.165, 1.54) is 12.4 Å². The minimum Gasteiger partial charge on any atom is -0.438 e. The summed E-state index contributed by atoms with van der Waals surface area (Å²) in [5.41, 5.74) is 0.615. The van der Waals surface area contributed by atoms with Crippen LogP contribution in [0.15, 0.2) is 42.9 Å². The number of aromatic nitrogens is 2. The molecule has 1 fully saturated rings. The normalized spacial score (nSPS) is 17.4. The van der Waals surface area contributed by atoms with Gasteiger partial charge in [-0.05, 0) is 37.1 Å². The number of piperidine rings is 1. The van der Waals surface area contributed by atoms with Crippen molar-refractivity contribution >= 4 is 21.7 Å². The van der Waals surface area contributed by atoms with Crippen LogP contribution >= 0.6 is 0 Å². The SMILES string of the molecule is CS(=O)(=O)N[C@H]1CCCN(C(=O)Nc2ccc(Oc3cnccn3)cc2)C1. The van der Waals surface area contributed by atoms with Crippen molar-refractivity contribution in [1.29, 1.82) is 0 Å². The third-order valence-corrected chi connectivity index (χ3v) is 4.72. The number of likely N-dealkylation sites (tertiary alicyclic amines) is 1. The highest BCUT2D eigenvalue weighted by Gasteiger charge is 2.25. The Bertz CT molecular complexity index is 874. The maximum absolute atomic E-state index is 12.4. The van der Waals surface area contributed by atoms with Crippen LogP contribution in [0.4, 0.5) is 10.5 Å². The fraction of sp³-hybridized carbons (Fsp3) is 0.353. The second-order valence-electron chi connectivity index (χ2n) is 6.28. The largest absolute Gasteiger partial charge is 0.438 e. The van der Waals surface area contributed by atoms with E-state index < -0.39 is 10.0 Å². The van der Waals surface area contributed by atoms with E-state index in [1.807, 2.05) is 0 Å². The number of amides is 2. The third kappa shape index (κ3) is 5.90. The number of hydrogen-bond donors (Lipinski definition) is 2. The predicted octanol–water partition coefficient (Wildman–Crippen LogP) is 1.81. The number of anilines is 1. The number of urea groups is 1. The molecule has 1 aromatic carbocycles. The van der Waals surface area contributed by atoms with Gasteiger partial charge in [0.1, 0.15) is 5.75 Å². The van der Waals surface area contributed by atoms with Gasteiger partial charge in [-0.2, -0.15) is 0 Å². The molecule has 2 heterocycles. The standard InChI is InChI=1S/C17H21N5O4S/c1-27(24,25)21-14-3-2-10-22(12-14)17(23)20-13-4-6-15(7-5-13)26-16-11-18-8-9-19-16/h4-9,11,14,21H,2-3,10,12H2,1H3,(H,20,23)/t14-/m0/s1. The Labute approximate surface area is 157 Å². The van der Waals surface area contributed by atoms with Crippen LogP contribution in [-0.2, 0) is 10.0 Å². The van der Waals surface area contributed by atoms with E-state index in [2.05, 4.69) is 20.0 Å². The zero-order chi connectivity index (χ0) is 19.3. The van der Waals surface area contributed by atoms with E-state index in [-0.39, 0.29) is 12.1 Å². The molecule has 3 rings (SSSR count). The summed E-state index contributed by atoms with van der Waals surface area (Å²) in [7, 11) is -3.29. The van der Waals surface area contributed by atoms with Gasteiger partial charge in [0.25, 0.3) is 0 Å². The van der Waals surface area contributed by atoms with Crippen LogP contribution in [0, 0.1) is 0 Å². The van der Waals surface area contributed by atoms with Crippen LogP contribution in [-0.4, -0.2) is 54.7 Å². The molecule has 0 spiro atoms. The molecular formula is C17H21N5O4S. The van der Waals surface area contributed by atoms with Crippen molar-refractivity contribution in [2.24, 2.45) is 0 Å². The minimum absolute atomic E-state index is 0.262. The van der Waals surface area contributed by atoms with E-state index >= 15 is 0 Å². The number of carbonyl (C=O) groups excluding carboxylic acids is 1. The second kappa shape index (κ2) is 8.31. The molecule has 10 heteroatoms. The van der Waals surface area contributed by atoms with Crippen LogP contribution < -0.4 is 14.8 Å². The van der Waals surface area contributed by atoms with Crippen molar-refractivity contribution in [2.75, 3.05) is 24.7 Å². The maximum atomic E-state index is 12.4. The molecule has 1 atom stereocenters. The lowest BCUT2D eigenvalue weighted by Crippen LogP contribution is -2.50. The number of sulfonamides is 1. The van der Waals surface area contributed by atoms with Gasteiger partial charge >= 0.3 is 6.03 Å². The number of nitrogens with one attached hydrogen (secondary N) is 2. The van der Waals surface area contributed by atoms with Crippen LogP contribution in [0.3, 0.4) is 0 Å². The first kappa shape index (κ1) is 19.1. The fourth-order valence-corrected chi connectivity index (χ4v) is 3.63. The fourth-order valence-electron chi connectivity index (χ4n) is 2.83. The molecule has 1 aromatic heterocycles. The number of nitrogens with zero attached hydrogens (tertiary/aromatic N) is 3. The van der Waals surface area contributed by atoms with Crippen molar-refractivity contribution < 1.29 is 17.9 Å². The summed E-state index contributed by atoms with van der Waals surface area (Å²) < 4.78 is 30.9. The predicted molar refractivity (Wildman–Crippen MR) is 100 cm³/mol. The van der Waals surface area contributed by atoms with Crippen LogP contribution in [0.2, 0.25) is 0 Å². The second-order valence-corrected chi connectivity index (χ2v) is 8.06. The van der Waals surface area contributed by atoms with E-state index in [1.54, 1.807) is 35.4 Å². The number of carbonyl (C=O) groups is 1. The van der Waals surface area contributed by atoms with E-state index in [0.29, 0.717) is 36.8 Å². The molecule has 2 amide bonds. The zero-order valence-corrected chi connectivity index (χ0v) is 15.6. The van der Waals surface area contributed by atoms with Crippen molar-refractivity contribution in [3.8, 4) is 11.6 Å². The molecule has 2 N–H and O–H groups in total. The number of ether oxygens (including phenoxy) is 1. The maximum Gasteiger partial charge on any atom is 0.321 e. The number of rotatable bonds is 5. The minimum atomic E-state index is -3.29. The lowest BCUT2D eigenvalue weighted by Gasteiger charge is -2.32. The van der Waals surface area contributed by atoms with Gasteiger partial charge in [0.2, 0.25) is 15.9 Å². The molecule has 2 aromatic rings. The molecule has 0 bridgehead atoms. The lowest BCUT2D eigenvalue weighted by atomic mass is 10.1. The molecule has 0 saturated carbocycles. The Balaban J connectivity index is 1.56. The third-order valence-electron chi connectivity index (χ3n) is 3.96. The van der Waals surface area contributed by atoms with Crippen molar-refractivity contribution in [3.05, 3.63) is 42.9 Å². The van der Waals surface area contributed by atoms with Crippen LogP contribution in [0.1, 0.15) is 12.8 Å². The molecule has 1 saturated heterocycles. The molecule has 0 radical (unpaired) electrons. The molecule has 9 nitrogen and oxygen atoms in total. The summed E-state index contributed by atoms with van der Waals surface area (Å²) >= 11 is 0. The summed E-state index contributed by atoms with van der Waals surface area (Å²) in [5.74, 6) is 0.955. The summed E-state index contributed by atoms with van der Waals surface area (Å²) in [6.45, 7) is 0.925. The molecule has 1 aliphatic heterocycles. The van der Waals surface area contributed by atoms with Gasteiger partial charge < -0.3 is 15.0 Å². The van der Waals surface area contributed by atoms with E-state index in [0.717, 1.165) is 12.7 Å². The smallest absolute Gasteiger partial charge is 0.321 e. The van der Waals surface area contributed by atoms with Gasteiger partial charge in [0, 0.05) is 37.2 Å². The summed E-state index contributed by atoms with van der Waals surface area (Å²) in [6.07, 6.45) is 7.18. The summed E-state index contributed by atoms with van der Waals surface area (Å²) in [5, 5.41) is 2.81. The molecule has 0 aliphatic carbocycles. The molecular weight excluding hydrogens is 370 g/mol. The molecule has 27 heavy (non-hydrogen) atoms. The van der Waals surface area contributed by atoms with Gasteiger partial charge in [-0.15, -0.1) is 0 Å². The number of hydrogen-bond acceptors (Lipinski definition) is 6. The Morgan fingerprint density at radius 1 is 1.26 bits per heavy atom. The van der Waals surface area contributed by atoms with Gasteiger partial charge in [-0.25, -0.2) is 22.9 Å². The van der Waals surface area contributed by atoms with E-state index in [4.69, 9.17) is 4.74 Å². The molecule has 1 aliphatic rings. The first-order chi connectivity index (χ1) is 12.9. The van der Waals surface area contributed by atoms with Gasteiger partial charge in [0.05, 0.1) is 12.5 Å². The first-order valence-electron chi connectivity index (χ1n) is 8.46.